The zero-order valence-corrected chi connectivity index (χ0v) is 13.1. The van der Waals surface area contributed by atoms with E-state index in [1.54, 1.807) is 0 Å². The van der Waals surface area contributed by atoms with E-state index in [9.17, 15) is 4.79 Å². The summed E-state index contributed by atoms with van der Waals surface area (Å²) in [6, 6.07) is 8.11. The van der Waals surface area contributed by atoms with Gasteiger partial charge in [-0.15, -0.1) is 0 Å². The van der Waals surface area contributed by atoms with Crippen LogP contribution in [0, 0.1) is 5.92 Å². The normalized spacial score (nSPS) is 27.6. The Morgan fingerprint density at radius 1 is 1.18 bits per heavy atom. The molecule has 1 unspecified atom stereocenters. The first-order chi connectivity index (χ1) is 10.8. The molecule has 1 saturated carbocycles. The van der Waals surface area contributed by atoms with Crippen molar-refractivity contribution in [2.24, 2.45) is 5.92 Å². The molecule has 4 nitrogen and oxygen atoms in total. The maximum absolute atomic E-state index is 13.1. The molecule has 4 heteroatoms. The number of rotatable bonds is 3. The van der Waals surface area contributed by atoms with E-state index in [1.807, 2.05) is 30.0 Å². The summed E-state index contributed by atoms with van der Waals surface area (Å²) in [4.78, 5) is 15.0. The van der Waals surface area contributed by atoms with E-state index in [1.165, 1.54) is 12.8 Å². The first kappa shape index (κ1) is 14.2. The fourth-order valence-electron chi connectivity index (χ4n) is 4.51. The summed E-state index contributed by atoms with van der Waals surface area (Å²) < 4.78 is 12.3. The number of benzene rings is 1. The molecule has 0 bridgehead atoms. The van der Waals surface area contributed by atoms with Crippen LogP contribution in [0.5, 0.6) is 0 Å². The lowest BCUT2D eigenvalue weighted by Gasteiger charge is -2.37. The van der Waals surface area contributed by atoms with E-state index >= 15 is 0 Å². The topological polar surface area (TPSA) is 38.8 Å². The minimum absolute atomic E-state index is 0.137. The standard InChI is InChI=1S/C18H23NO3/c1-2-19-15-10-6-5-9-14(15)16(17(19)20)18(21-11-12-22-18)13-7-3-4-8-13/h5-6,9-10,13,16H,2-4,7-8,11-12H2,1H3. The highest BCUT2D eigenvalue weighted by Gasteiger charge is 2.58. The van der Waals surface area contributed by atoms with Crippen molar-refractivity contribution in [1.82, 2.24) is 0 Å². The van der Waals surface area contributed by atoms with Crippen LogP contribution in [-0.2, 0) is 14.3 Å². The Hall–Kier alpha value is -1.39. The maximum atomic E-state index is 13.1. The van der Waals surface area contributed by atoms with Gasteiger partial charge in [0.15, 0.2) is 5.79 Å². The quantitative estimate of drug-likeness (QED) is 0.861. The number of likely N-dealkylation sites (N-methyl/N-ethyl adjacent to an activating group) is 1. The van der Waals surface area contributed by atoms with Gasteiger partial charge in [0.05, 0.1) is 13.2 Å². The van der Waals surface area contributed by atoms with Crippen molar-refractivity contribution in [2.45, 2.75) is 44.3 Å². The number of nitrogens with zero attached hydrogens (tertiary/aromatic N) is 1. The predicted molar refractivity (Wildman–Crippen MR) is 83.8 cm³/mol. The Balaban J connectivity index is 1.81. The molecule has 1 aromatic rings. The highest BCUT2D eigenvalue weighted by molar-refractivity contribution is 6.05. The molecule has 1 aromatic carbocycles. The molecule has 0 aromatic heterocycles. The third-order valence-corrected chi connectivity index (χ3v) is 5.43. The van der Waals surface area contributed by atoms with Gasteiger partial charge in [0.2, 0.25) is 5.91 Å². The van der Waals surface area contributed by atoms with Crippen molar-refractivity contribution in [2.75, 3.05) is 24.7 Å². The third kappa shape index (κ3) is 1.87. The van der Waals surface area contributed by atoms with Crippen LogP contribution in [0.1, 0.15) is 44.1 Å². The molecule has 118 valence electrons. The number of hydrogen-bond donors (Lipinski definition) is 0. The molecular formula is C18H23NO3. The first-order valence-electron chi connectivity index (χ1n) is 8.46. The van der Waals surface area contributed by atoms with Crippen LogP contribution in [0.4, 0.5) is 5.69 Å². The fraction of sp³-hybridized carbons (Fsp3) is 0.611. The van der Waals surface area contributed by atoms with Crippen LogP contribution in [0.15, 0.2) is 24.3 Å². The van der Waals surface area contributed by atoms with Gasteiger partial charge in [-0.3, -0.25) is 4.79 Å². The molecule has 22 heavy (non-hydrogen) atoms. The number of carbonyl (C=O) groups excluding carboxylic acids is 1. The average molecular weight is 301 g/mol. The Bertz CT molecular complexity index is 573. The Kier molecular flexibility index (Phi) is 3.46. The molecule has 0 spiro atoms. The number of para-hydroxylation sites is 1. The van der Waals surface area contributed by atoms with E-state index < -0.39 is 5.79 Å². The lowest BCUT2D eigenvalue weighted by molar-refractivity contribution is -0.209. The average Bonchev–Trinajstić information content (AvgIpc) is 3.25. The number of fused-ring (bicyclic) bond motifs is 1. The van der Waals surface area contributed by atoms with Gasteiger partial charge in [0, 0.05) is 18.2 Å². The molecular weight excluding hydrogens is 278 g/mol. The van der Waals surface area contributed by atoms with Crippen LogP contribution < -0.4 is 4.90 Å². The summed E-state index contributed by atoms with van der Waals surface area (Å²) in [5.74, 6) is -0.589. The minimum atomic E-state index is -0.742. The van der Waals surface area contributed by atoms with Gasteiger partial charge >= 0.3 is 0 Å². The van der Waals surface area contributed by atoms with Crippen molar-refractivity contribution < 1.29 is 14.3 Å². The molecule has 1 atom stereocenters. The fourth-order valence-corrected chi connectivity index (χ4v) is 4.51. The summed E-state index contributed by atoms with van der Waals surface area (Å²) in [7, 11) is 0. The molecule has 1 saturated heterocycles. The van der Waals surface area contributed by atoms with E-state index in [-0.39, 0.29) is 11.8 Å². The minimum Gasteiger partial charge on any atom is -0.346 e. The van der Waals surface area contributed by atoms with Crippen LogP contribution in [0.3, 0.4) is 0 Å². The van der Waals surface area contributed by atoms with Gasteiger partial charge < -0.3 is 14.4 Å². The smallest absolute Gasteiger partial charge is 0.240 e. The van der Waals surface area contributed by atoms with Crippen molar-refractivity contribution in [3.05, 3.63) is 29.8 Å². The second-order valence-corrected chi connectivity index (χ2v) is 6.47. The summed E-state index contributed by atoms with van der Waals surface area (Å²) >= 11 is 0. The molecule has 2 fully saturated rings. The second kappa shape index (κ2) is 5.36. The van der Waals surface area contributed by atoms with Crippen molar-refractivity contribution in [1.29, 1.82) is 0 Å². The monoisotopic (exact) mass is 301 g/mol. The van der Waals surface area contributed by atoms with E-state index in [0.717, 1.165) is 24.1 Å². The predicted octanol–water partition coefficient (Wildman–Crippen LogP) is 3.07. The van der Waals surface area contributed by atoms with Crippen molar-refractivity contribution in [3.8, 4) is 0 Å². The Morgan fingerprint density at radius 3 is 2.55 bits per heavy atom. The molecule has 0 N–H and O–H groups in total. The summed E-state index contributed by atoms with van der Waals surface area (Å²) in [5.41, 5.74) is 2.10. The third-order valence-electron chi connectivity index (χ3n) is 5.43. The molecule has 3 aliphatic rings. The number of ether oxygens (including phenoxy) is 2. The number of carbonyl (C=O) groups is 1. The van der Waals surface area contributed by atoms with Crippen LogP contribution in [0.2, 0.25) is 0 Å². The van der Waals surface area contributed by atoms with E-state index in [2.05, 4.69) is 6.07 Å². The van der Waals surface area contributed by atoms with Crippen LogP contribution >= 0.6 is 0 Å². The van der Waals surface area contributed by atoms with Gasteiger partial charge in [-0.2, -0.15) is 0 Å². The van der Waals surface area contributed by atoms with E-state index in [4.69, 9.17) is 9.47 Å². The summed E-state index contributed by atoms with van der Waals surface area (Å²) in [6.07, 6.45) is 4.61. The first-order valence-corrected chi connectivity index (χ1v) is 8.46. The van der Waals surface area contributed by atoms with Crippen molar-refractivity contribution >= 4 is 11.6 Å². The van der Waals surface area contributed by atoms with Gasteiger partial charge in [-0.05, 0) is 31.4 Å². The van der Waals surface area contributed by atoms with Crippen LogP contribution in [0.25, 0.3) is 0 Å². The van der Waals surface area contributed by atoms with Gasteiger partial charge in [0.1, 0.15) is 5.92 Å². The van der Waals surface area contributed by atoms with Crippen LogP contribution in [-0.4, -0.2) is 31.5 Å². The zero-order chi connectivity index (χ0) is 15.2. The Morgan fingerprint density at radius 2 is 1.86 bits per heavy atom. The lowest BCUT2D eigenvalue weighted by atomic mass is 9.82. The lowest BCUT2D eigenvalue weighted by Crippen LogP contribution is -2.48. The molecule has 4 rings (SSSR count). The zero-order valence-electron chi connectivity index (χ0n) is 13.1. The largest absolute Gasteiger partial charge is 0.346 e. The summed E-state index contributed by atoms with van der Waals surface area (Å²) in [5, 5.41) is 0. The summed E-state index contributed by atoms with van der Waals surface area (Å²) in [6.45, 7) is 3.89. The molecule has 2 aliphatic heterocycles. The Labute approximate surface area is 131 Å². The highest BCUT2D eigenvalue weighted by atomic mass is 16.7. The van der Waals surface area contributed by atoms with E-state index in [0.29, 0.717) is 25.7 Å². The molecule has 0 radical (unpaired) electrons. The van der Waals surface area contributed by atoms with Crippen molar-refractivity contribution in [3.63, 3.8) is 0 Å². The molecule has 1 amide bonds. The number of hydrogen-bond acceptors (Lipinski definition) is 3. The number of anilines is 1. The molecule has 1 aliphatic carbocycles. The maximum Gasteiger partial charge on any atom is 0.240 e. The second-order valence-electron chi connectivity index (χ2n) is 6.47. The van der Waals surface area contributed by atoms with Gasteiger partial charge in [-0.1, -0.05) is 31.0 Å². The molecule has 2 heterocycles. The number of amides is 1. The van der Waals surface area contributed by atoms with Gasteiger partial charge in [0.25, 0.3) is 0 Å². The SMILES string of the molecule is CCN1C(=O)C(C2(C3CCCC3)OCCO2)c2ccccc21. The van der Waals surface area contributed by atoms with Gasteiger partial charge in [-0.25, -0.2) is 0 Å². The highest BCUT2D eigenvalue weighted by Crippen LogP contribution is 2.52.